The van der Waals surface area contributed by atoms with Gasteiger partial charge >= 0.3 is 11.8 Å². The maximum atomic E-state index is 11.8. The highest BCUT2D eigenvalue weighted by molar-refractivity contribution is 6.43. The van der Waals surface area contributed by atoms with Crippen molar-refractivity contribution in [2.24, 2.45) is 5.92 Å². The molecule has 0 bridgehead atoms. The molecule has 0 spiro atoms. The average molecular weight is 329 g/mol. The Labute approximate surface area is 131 Å². The third-order valence-electron chi connectivity index (χ3n) is 3.11. The highest BCUT2D eigenvalue weighted by Gasteiger charge is 2.22. The lowest BCUT2D eigenvalue weighted by Gasteiger charge is -2.12. The summed E-state index contributed by atoms with van der Waals surface area (Å²) in [6.07, 6.45) is 4.18. The summed E-state index contributed by atoms with van der Waals surface area (Å²) in [6, 6.07) is 4.31. The Balaban J connectivity index is 1.89. The molecule has 0 aromatic heterocycles. The Morgan fingerprint density at radius 3 is 2.57 bits per heavy atom. The van der Waals surface area contributed by atoms with Crippen LogP contribution in [0, 0.1) is 5.92 Å². The molecule has 2 amide bonds. The van der Waals surface area contributed by atoms with Crippen LogP contribution in [-0.4, -0.2) is 29.6 Å². The Morgan fingerprint density at radius 1 is 1.19 bits per heavy atom. The third kappa shape index (κ3) is 4.20. The molecule has 0 radical (unpaired) electrons. The Hall–Kier alpha value is -1.56. The molecule has 1 aliphatic carbocycles. The van der Waals surface area contributed by atoms with Gasteiger partial charge in [-0.1, -0.05) is 35.4 Å². The van der Waals surface area contributed by atoms with E-state index in [1.807, 2.05) is 6.08 Å². The predicted molar refractivity (Wildman–Crippen MR) is 81.4 cm³/mol. The molecule has 5 nitrogen and oxygen atoms in total. The number of carbonyl (C=O) groups is 2. The molecule has 1 aromatic rings. The number of carbonyl (C=O) groups excluding carboxylic acids is 2. The molecule has 0 saturated carbocycles. The number of rotatable bonds is 3. The van der Waals surface area contributed by atoms with Gasteiger partial charge in [0.1, 0.15) is 0 Å². The number of hydrogen-bond acceptors (Lipinski definition) is 3. The van der Waals surface area contributed by atoms with Crippen molar-refractivity contribution in [3.8, 4) is 0 Å². The number of hydrogen-bond donors (Lipinski definition) is 3. The van der Waals surface area contributed by atoms with Crippen molar-refractivity contribution in [1.29, 1.82) is 0 Å². The Bertz CT molecular complexity index is 590. The van der Waals surface area contributed by atoms with Gasteiger partial charge < -0.3 is 15.7 Å². The quantitative estimate of drug-likeness (QED) is 0.586. The van der Waals surface area contributed by atoms with Crippen LogP contribution < -0.4 is 10.6 Å². The van der Waals surface area contributed by atoms with Crippen LogP contribution in [0.5, 0.6) is 0 Å². The molecular formula is C14H14Cl2N2O3. The number of nitrogens with one attached hydrogen (secondary N) is 2. The molecule has 0 aliphatic heterocycles. The lowest BCUT2D eigenvalue weighted by atomic mass is 10.1. The van der Waals surface area contributed by atoms with Crippen molar-refractivity contribution in [3.05, 3.63) is 40.4 Å². The number of amides is 2. The summed E-state index contributed by atoms with van der Waals surface area (Å²) < 4.78 is 0. The summed E-state index contributed by atoms with van der Waals surface area (Å²) in [5.41, 5.74) is 0.389. The van der Waals surface area contributed by atoms with Crippen LogP contribution in [0.2, 0.25) is 10.0 Å². The van der Waals surface area contributed by atoms with E-state index in [1.54, 1.807) is 12.1 Å². The molecule has 1 aliphatic rings. The smallest absolute Gasteiger partial charge is 0.313 e. The summed E-state index contributed by atoms with van der Waals surface area (Å²) in [4.78, 5) is 23.5. The second-order valence-electron chi connectivity index (χ2n) is 4.73. The zero-order valence-electron chi connectivity index (χ0n) is 11.0. The van der Waals surface area contributed by atoms with Gasteiger partial charge in [0.25, 0.3) is 0 Å². The van der Waals surface area contributed by atoms with Crippen LogP contribution in [-0.2, 0) is 9.59 Å². The van der Waals surface area contributed by atoms with Gasteiger partial charge in [-0.25, -0.2) is 0 Å². The minimum absolute atomic E-state index is 0.0217. The molecule has 2 rings (SSSR count). The van der Waals surface area contributed by atoms with E-state index in [0.717, 1.165) is 0 Å². The zero-order valence-corrected chi connectivity index (χ0v) is 12.5. The Kier molecular flexibility index (Phi) is 5.22. The van der Waals surface area contributed by atoms with Crippen molar-refractivity contribution in [3.63, 3.8) is 0 Å². The van der Waals surface area contributed by atoms with Gasteiger partial charge in [0.05, 0.1) is 10.0 Å². The number of halogens is 2. The predicted octanol–water partition coefficient (Wildman–Crippen LogP) is 1.99. The highest BCUT2D eigenvalue weighted by Crippen LogP contribution is 2.25. The number of aliphatic hydroxyl groups excluding tert-OH is 1. The number of aliphatic hydroxyl groups is 1. The van der Waals surface area contributed by atoms with E-state index in [2.05, 4.69) is 10.6 Å². The van der Waals surface area contributed by atoms with Gasteiger partial charge in [-0.2, -0.15) is 0 Å². The van der Waals surface area contributed by atoms with Crippen LogP contribution in [0.3, 0.4) is 0 Å². The molecular weight excluding hydrogens is 315 g/mol. The highest BCUT2D eigenvalue weighted by atomic mass is 35.5. The second kappa shape index (κ2) is 6.93. The van der Waals surface area contributed by atoms with Crippen molar-refractivity contribution in [2.75, 3.05) is 11.9 Å². The van der Waals surface area contributed by atoms with Crippen LogP contribution in [0.25, 0.3) is 0 Å². The van der Waals surface area contributed by atoms with E-state index in [1.165, 1.54) is 12.1 Å². The van der Waals surface area contributed by atoms with Gasteiger partial charge in [-0.15, -0.1) is 0 Å². The van der Waals surface area contributed by atoms with Crippen molar-refractivity contribution in [2.45, 2.75) is 12.5 Å². The SMILES string of the molecule is O=C(Nc1ccc(Cl)c(Cl)c1)C(=O)N[C@@H]1C=C[C@H](CO)C1. The molecule has 0 unspecified atom stereocenters. The molecule has 3 N–H and O–H groups in total. The summed E-state index contributed by atoms with van der Waals surface area (Å²) in [6.45, 7) is 0.0261. The first kappa shape index (κ1) is 15.8. The first-order chi connectivity index (χ1) is 9.99. The van der Waals surface area contributed by atoms with Gasteiger partial charge in [-0.3, -0.25) is 9.59 Å². The maximum absolute atomic E-state index is 11.8. The maximum Gasteiger partial charge on any atom is 0.313 e. The summed E-state index contributed by atoms with van der Waals surface area (Å²) >= 11 is 11.6. The van der Waals surface area contributed by atoms with Gasteiger partial charge in [0.2, 0.25) is 0 Å². The summed E-state index contributed by atoms with van der Waals surface area (Å²) in [5, 5.41) is 14.7. The summed E-state index contributed by atoms with van der Waals surface area (Å²) in [7, 11) is 0. The Morgan fingerprint density at radius 2 is 1.95 bits per heavy atom. The second-order valence-corrected chi connectivity index (χ2v) is 5.54. The lowest BCUT2D eigenvalue weighted by molar-refractivity contribution is -0.136. The minimum atomic E-state index is -0.783. The molecule has 1 aromatic carbocycles. The fraction of sp³-hybridized carbons (Fsp3) is 0.286. The van der Waals surface area contributed by atoms with E-state index >= 15 is 0 Å². The van der Waals surface area contributed by atoms with Gasteiger partial charge in [-0.05, 0) is 24.6 Å². The molecule has 7 heteroatoms. The first-order valence-electron chi connectivity index (χ1n) is 6.35. The van der Waals surface area contributed by atoms with E-state index in [0.29, 0.717) is 22.2 Å². The van der Waals surface area contributed by atoms with Gasteiger partial charge in [0, 0.05) is 24.3 Å². The zero-order chi connectivity index (χ0) is 15.4. The van der Waals surface area contributed by atoms with Crippen molar-refractivity contribution in [1.82, 2.24) is 5.32 Å². The fourth-order valence-corrected chi connectivity index (χ4v) is 2.31. The van der Waals surface area contributed by atoms with Crippen LogP contribution in [0.15, 0.2) is 30.4 Å². The molecule has 0 fully saturated rings. The van der Waals surface area contributed by atoms with E-state index in [4.69, 9.17) is 28.3 Å². The van der Waals surface area contributed by atoms with Crippen LogP contribution >= 0.6 is 23.2 Å². The molecule has 0 saturated heterocycles. The number of anilines is 1. The van der Waals surface area contributed by atoms with E-state index in [9.17, 15) is 9.59 Å². The molecule has 112 valence electrons. The normalized spacial score (nSPS) is 20.3. The standard InChI is InChI=1S/C14H14Cl2N2O3/c15-11-4-3-10(6-12(11)16)18-14(21)13(20)17-9-2-1-8(5-9)7-19/h1-4,6,8-9,19H,5,7H2,(H,17,20)(H,18,21)/t8-,9+/m0/s1. The third-order valence-corrected chi connectivity index (χ3v) is 3.85. The van der Waals surface area contributed by atoms with E-state index < -0.39 is 11.8 Å². The summed E-state index contributed by atoms with van der Waals surface area (Å²) in [5.74, 6) is -1.50. The lowest BCUT2D eigenvalue weighted by Crippen LogP contribution is -2.40. The van der Waals surface area contributed by atoms with E-state index in [-0.39, 0.29) is 18.6 Å². The fourth-order valence-electron chi connectivity index (χ4n) is 2.01. The monoisotopic (exact) mass is 328 g/mol. The van der Waals surface area contributed by atoms with Crippen LogP contribution in [0.1, 0.15) is 6.42 Å². The van der Waals surface area contributed by atoms with Crippen molar-refractivity contribution >= 4 is 40.7 Å². The topological polar surface area (TPSA) is 78.4 Å². The minimum Gasteiger partial charge on any atom is -0.396 e. The average Bonchev–Trinajstić information content (AvgIpc) is 2.90. The largest absolute Gasteiger partial charge is 0.396 e. The molecule has 2 atom stereocenters. The number of benzene rings is 1. The first-order valence-corrected chi connectivity index (χ1v) is 7.11. The molecule has 0 heterocycles. The van der Waals surface area contributed by atoms with Crippen LogP contribution in [0.4, 0.5) is 5.69 Å². The van der Waals surface area contributed by atoms with Gasteiger partial charge in [0.15, 0.2) is 0 Å². The van der Waals surface area contributed by atoms with Crippen molar-refractivity contribution < 1.29 is 14.7 Å². The molecule has 21 heavy (non-hydrogen) atoms.